The first-order valence-corrected chi connectivity index (χ1v) is 7.95. The molecule has 0 aliphatic carbocycles. The van der Waals surface area contributed by atoms with E-state index in [2.05, 4.69) is 10.3 Å². The van der Waals surface area contributed by atoms with Crippen molar-refractivity contribution in [3.63, 3.8) is 0 Å². The molecule has 0 radical (unpaired) electrons. The molecule has 1 aromatic heterocycles. The van der Waals surface area contributed by atoms with E-state index in [4.69, 9.17) is 9.47 Å². The number of hydrogen-bond acceptors (Lipinski definition) is 4. The molecule has 5 heteroatoms. The topological polar surface area (TPSA) is 60.5 Å². The lowest BCUT2D eigenvalue weighted by atomic mass is 10.1. The molecule has 1 N–H and O–H groups in total. The first-order chi connectivity index (χ1) is 11.6. The maximum Gasteiger partial charge on any atom is 0.219 e. The molecule has 3 rings (SSSR count). The van der Waals surface area contributed by atoms with Crippen molar-refractivity contribution in [1.29, 1.82) is 0 Å². The number of benzene rings is 1. The van der Waals surface area contributed by atoms with Gasteiger partial charge >= 0.3 is 0 Å². The Morgan fingerprint density at radius 3 is 3.00 bits per heavy atom. The third-order valence-electron chi connectivity index (χ3n) is 3.65. The van der Waals surface area contributed by atoms with Crippen LogP contribution < -0.4 is 14.8 Å². The number of hydrogen-bond donors (Lipinski definition) is 1. The highest BCUT2D eigenvalue weighted by Crippen LogP contribution is 2.30. The molecule has 0 saturated carbocycles. The van der Waals surface area contributed by atoms with Gasteiger partial charge in [0.1, 0.15) is 11.5 Å². The van der Waals surface area contributed by atoms with Crippen molar-refractivity contribution >= 4 is 12.0 Å². The highest BCUT2D eigenvalue weighted by atomic mass is 16.5. The molecule has 1 aliphatic heterocycles. The van der Waals surface area contributed by atoms with Gasteiger partial charge in [0, 0.05) is 37.2 Å². The highest BCUT2D eigenvalue weighted by molar-refractivity contribution is 5.73. The summed E-state index contributed by atoms with van der Waals surface area (Å²) >= 11 is 0. The van der Waals surface area contributed by atoms with Crippen molar-refractivity contribution < 1.29 is 14.3 Å². The molecule has 0 unspecified atom stereocenters. The lowest BCUT2D eigenvalue weighted by molar-refractivity contribution is -0.119. The number of rotatable bonds is 5. The molecule has 1 amide bonds. The summed E-state index contributed by atoms with van der Waals surface area (Å²) in [6.07, 6.45) is 6.49. The van der Waals surface area contributed by atoms with Crippen LogP contribution in [0.2, 0.25) is 0 Å². The third-order valence-corrected chi connectivity index (χ3v) is 3.65. The number of carbonyl (C=O) groups excluding carboxylic acids is 1. The van der Waals surface area contributed by atoms with Crippen molar-refractivity contribution in [3.8, 4) is 17.4 Å². The summed E-state index contributed by atoms with van der Waals surface area (Å²) in [7, 11) is 0. The fraction of sp³-hybridized carbons (Fsp3) is 0.263. The first kappa shape index (κ1) is 16.1. The zero-order valence-corrected chi connectivity index (χ0v) is 13.8. The number of nitrogens with one attached hydrogen (secondary N) is 1. The molecule has 0 fully saturated rings. The predicted octanol–water partition coefficient (Wildman–Crippen LogP) is 3.35. The Morgan fingerprint density at radius 1 is 1.38 bits per heavy atom. The number of amides is 1. The molecule has 0 saturated heterocycles. The van der Waals surface area contributed by atoms with Crippen LogP contribution in [0.15, 0.2) is 42.6 Å². The van der Waals surface area contributed by atoms with Crippen LogP contribution in [0, 0.1) is 0 Å². The van der Waals surface area contributed by atoms with E-state index in [1.165, 1.54) is 12.5 Å². The van der Waals surface area contributed by atoms with Gasteiger partial charge in [-0.05, 0) is 36.8 Å². The molecule has 2 heterocycles. The van der Waals surface area contributed by atoms with E-state index < -0.39 is 0 Å². The molecule has 124 valence electrons. The average Bonchev–Trinajstić information content (AvgIpc) is 3.01. The van der Waals surface area contributed by atoms with E-state index in [-0.39, 0.29) is 11.9 Å². The Kier molecular flexibility index (Phi) is 4.79. The van der Waals surface area contributed by atoms with E-state index in [9.17, 15) is 4.79 Å². The fourth-order valence-corrected chi connectivity index (χ4v) is 2.52. The van der Waals surface area contributed by atoms with Crippen LogP contribution in [0.4, 0.5) is 0 Å². The minimum atomic E-state index is -0.0474. The summed E-state index contributed by atoms with van der Waals surface area (Å²) in [4.78, 5) is 15.3. The largest absolute Gasteiger partial charge is 0.493 e. The van der Waals surface area contributed by atoms with Gasteiger partial charge in [-0.15, -0.1) is 0 Å². The Morgan fingerprint density at radius 2 is 2.25 bits per heavy atom. The number of nitrogens with zero attached hydrogens (tertiary/aromatic N) is 1. The van der Waals surface area contributed by atoms with Gasteiger partial charge in [-0.1, -0.05) is 12.2 Å². The quantitative estimate of drug-likeness (QED) is 0.916. The molecule has 1 aromatic carbocycles. The monoisotopic (exact) mass is 324 g/mol. The maximum atomic E-state index is 11.0. The summed E-state index contributed by atoms with van der Waals surface area (Å²) in [6, 6.07) is 9.54. The summed E-state index contributed by atoms with van der Waals surface area (Å²) < 4.78 is 11.3. The van der Waals surface area contributed by atoms with Crippen molar-refractivity contribution in [3.05, 3.63) is 53.7 Å². The van der Waals surface area contributed by atoms with Crippen molar-refractivity contribution in [2.24, 2.45) is 0 Å². The van der Waals surface area contributed by atoms with E-state index >= 15 is 0 Å². The van der Waals surface area contributed by atoms with E-state index in [1.54, 1.807) is 6.20 Å². The first-order valence-electron chi connectivity index (χ1n) is 7.95. The molecular formula is C19H20N2O3. The Labute approximate surface area is 141 Å². The van der Waals surface area contributed by atoms with Crippen LogP contribution in [0.5, 0.6) is 17.4 Å². The second-order valence-electron chi connectivity index (χ2n) is 5.75. The van der Waals surface area contributed by atoms with Crippen molar-refractivity contribution in [2.75, 3.05) is 6.61 Å². The number of aromatic nitrogens is 1. The van der Waals surface area contributed by atoms with Crippen molar-refractivity contribution in [1.82, 2.24) is 10.3 Å². The SMILES string of the molecule is CC(=O)N[C@@H](C)/C=C/c1ccc(Oc2ccc3c(c2)CCO3)nc1. The van der Waals surface area contributed by atoms with E-state index in [0.717, 1.165) is 30.1 Å². The standard InChI is InChI=1S/C19H20N2O3/c1-13(21-14(2)22)3-4-15-5-8-19(20-12-15)24-17-6-7-18-16(11-17)9-10-23-18/h3-8,11-13H,9-10H2,1-2H3,(H,21,22)/b4-3+/t13-/m0/s1. The number of pyridine rings is 1. The van der Waals surface area contributed by atoms with Gasteiger partial charge in [0.15, 0.2) is 0 Å². The van der Waals surface area contributed by atoms with E-state index in [1.807, 2.05) is 49.4 Å². The van der Waals surface area contributed by atoms with Gasteiger partial charge in [0.25, 0.3) is 0 Å². The summed E-state index contributed by atoms with van der Waals surface area (Å²) in [6.45, 7) is 4.15. The van der Waals surface area contributed by atoms with Crippen molar-refractivity contribution in [2.45, 2.75) is 26.3 Å². The molecule has 1 aliphatic rings. The molecule has 0 spiro atoms. The highest BCUT2D eigenvalue weighted by Gasteiger charge is 2.12. The second-order valence-corrected chi connectivity index (χ2v) is 5.75. The Balaban J connectivity index is 1.62. The second kappa shape index (κ2) is 7.17. The van der Waals surface area contributed by atoms with Gasteiger partial charge < -0.3 is 14.8 Å². The summed E-state index contributed by atoms with van der Waals surface area (Å²) in [5.41, 5.74) is 2.11. The zero-order chi connectivity index (χ0) is 16.9. The minimum absolute atomic E-state index is 0.0212. The summed E-state index contributed by atoms with van der Waals surface area (Å²) in [5.74, 6) is 2.19. The van der Waals surface area contributed by atoms with Gasteiger partial charge in [0.05, 0.1) is 6.61 Å². The number of ether oxygens (including phenoxy) is 2. The van der Waals surface area contributed by atoms with Crippen LogP contribution in [0.1, 0.15) is 25.0 Å². The predicted molar refractivity (Wildman–Crippen MR) is 92.3 cm³/mol. The normalized spacial score (nSPS) is 14.1. The molecule has 5 nitrogen and oxygen atoms in total. The fourth-order valence-electron chi connectivity index (χ4n) is 2.52. The van der Waals surface area contributed by atoms with Gasteiger partial charge in [0.2, 0.25) is 11.8 Å². The van der Waals surface area contributed by atoms with Crippen LogP contribution in [0.25, 0.3) is 6.08 Å². The van der Waals surface area contributed by atoms with Crippen LogP contribution >= 0.6 is 0 Å². The zero-order valence-electron chi connectivity index (χ0n) is 13.8. The lowest BCUT2D eigenvalue weighted by Crippen LogP contribution is -2.28. The number of fused-ring (bicyclic) bond motifs is 1. The van der Waals surface area contributed by atoms with Gasteiger partial charge in [-0.25, -0.2) is 4.98 Å². The summed E-state index contributed by atoms with van der Waals surface area (Å²) in [5, 5.41) is 2.80. The third kappa shape index (κ3) is 4.13. The molecule has 24 heavy (non-hydrogen) atoms. The molecular weight excluding hydrogens is 304 g/mol. The number of carbonyl (C=O) groups is 1. The maximum absolute atomic E-state index is 11.0. The Hall–Kier alpha value is -2.82. The van der Waals surface area contributed by atoms with Crippen LogP contribution in [-0.2, 0) is 11.2 Å². The minimum Gasteiger partial charge on any atom is -0.493 e. The average molecular weight is 324 g/mol. The smallest absolute Gasteiger partial charge is 0.219 e. The van der Waals surface area contributed by atoms with Crippen LogP contribution in [-0.4, -0.2) is 23.5 Å². The van der Waals surface area contributed by atoms with Crippen LogP contribution in [0.3, 0.4) is 0 Å². The van der Waals surface area contributed by atoms with E-state index in [0.29, 0.717) is 5.88 Å². The molecule has 0 bridgehead atoms. The Bertz CT molecular complexity index is 754. The molecule has 2 aromatic rings. The van der Waals surface area contributed by atoms with Gasteiger partial charge in [-0.3, -0.25) is 4.79 Å². The molecule has 1 atom stereocenters. The van der Waals surface area contributed by atoms with Gasteiger partial charge in [-0.2, -0.15) is 0 Å². The lowest BCUT2D eigenvalue weighted by Gasteiger charge is -2.07.